The summed E-state index contributed by atoms with van der Waals surface area (Å²) in [4.78, 5) is 5.54. The summed E-state index contributed by atoms with van der Waals surface area (Å²) in [5.74, 6) is 0.419. The Morgan fingerprint density at radius 2 is 1.88 bits per heavy atom. The Labute approximate surface area is 91.3 Å². The first kappa shape index (κ1) is 11.2. The number of quaternary nitrogens is 1. The average Bonchev–Trinajstić information content (AvgIpc) is 2.29. The van der Waals surface area contributed by atoms with Crippen molar-refractivity contribution in [2.24, 2.45) is 0 Å². The van der Waals surface area contributed by atoms with E-state index in [0.29, 0.717) is 5.82 Å². The first-order chi connectivity index (χ1) is 7.57. The molecule has 1 aromatic rings. The highest BCUT2D eigenvalue weighted by Crippen LogP contribution is 2.28. The van der Waals surface area contributed by atoms with Gasteiger partial charge in [0.1, 0.15) is 11.5 Å². The third-order valence-electron chi connectivity index (χ3n) is 2.56. The second kappa shape index (κ2) is 4.29. The smallest absolute Gasteiger partial charge is 0.345 e. The van der Waals surface area contributed by atoms with Gasteiger partial charge in [0.05, 0.1) is 26.2 Å². The Morgan fingerprint density at radius 3 is 2.50 bits per heavy atom. The molecule has 0 aliphatic carbocycles. The number of rotatable bonds is 1. The molecule has 1 aromatic heterocycles. The second-order valence-electron chi connectivity index (χ2n) is 3.73. The molecule has 0 spiro atoms. The molecular weight excluding hydrogens is 219 g/mol. The first-order valence-corrected chi connectivity index (χ1v) is 5.18. The molecule has 16 heavy (non-hydrogen) atoms. The second-order valence-corrected chi connectivity index (χ2v) is 3.73. The molecule has 0 amide bonds. The van der Waals surface area contributed by atoms with E-state index in [2.05, 4.69) is 10.3 Å². The van der Waals surface area contributed by atoms with Crippen LogP contribution in [0.1, 0.15) is 5.69 Å². The van der Waals surface area contributed by atoms with Gasteiger partial charge in [-0.1, -0.05) is 6.07 Å². The fraction of sp³-hybridized carbons (Fsp3) is 0.500. The minimum atomic E-state index is -4.36. The SMILES string of the molecule is FC(F)(F)c1cccc(N2CC[NH2+]CC2)n1. The molecule has 1 fully saturated rings. The maximum Gasteiger partial charge on any atom is 0.433 e. The van der Waals surface area contributed by atoms with Crippen LogP contribution in [-0.2, 0) is 6.18 Å². The van der Waals surface area contributed by atoms with Gasteiger partial charge >= 0.3 is 6.18 Å². The Kier molecular flexibility index (Phi) is 3.00. The zero-order valence-electron chi connectivity index (χ0n) is 8.67. The number of hydrogen-bond donors (Lipinski definition) is 1. The summed E-state index contributed by atoms with van der Waals surface area (Å²) in [6.45, 7) is 3.29. The molecule has 2 rings (SSSR count). The third kappa shape index (κ3) is 2.44. The molecule has 0 bridgehead atoms. The van der Waals surface area contributed by atoms with Crippen molar-refractivity contribution in [2.45, 2.75) is 6.18 Å². The Morgan fingerprint density at radius 1 is 1.19 bits per heavy atom. The number of piperazine rings is 1. The fourth-order valence-electron chi connectivity index (χ4n) is 1.74. The largest absolute Gasteiger partial charge is 0.433 e. The van der Waals surface area contributed by atoms with Crippen LogP contribution in [0, 0.1) is 0 Å². The topological polar surface area (TPSA) is 32.7 Å². The fourth-order valence-corrected chi connectivity index (χ4v) is 1.74. The van der Waals surface area contributed by atoms with E-state index in [1.165, 1.54) is 6.07 Å². The molecule has 0 unspecified atom stereocenters. The van der Waals surface area contributed by atoms with E-state index in [9.17, 15) is 13.2 Å². The number of aromatic nitrogens is 1. The summed E-state index contributed by atoms with van der Waals surface area (Å²) in [6, 6.07) is 4.03. The van der Waals surface area contributed by atoms with Crippen molar-refractivity contribution in [3.8, 4) is 0 Å². The molecule has 88 valence electrons. The van der Waals surface area contributed by atoms with E-state index >= 15 is 0 Å². The van der Waals surface area contributed by atoms with Gasteiger partial charge in [0.15, 0.2) is 0 Å². The molecule has 0 saturated carbocycles. The molecule has 2 N–H and O–H groups in total. The quantitative estimate of drug-likeness (QED) is 0.764. The van der Waals surface area contributed by atoms with E-state index in [4.69, 9.17) is 0 Å². The van der Waals surface area contributed by atoms with Crippen molar-refractivity contribution in [1.82, 2.24) is 4.98 Å². The molecule has 1 saturated heterocycles. The summed E-state index contributed by atoms with van der Waals surface area (Å²) in [7, 11) is 0. The lowest BCUT2D eigenvalue weighted by Gasteiger charge is -2.26. The van der Waals surface area contributed by atoms with E-state index in [1.54, 1.807) is 6.07 Å². The maximum atomic E-state index is 12.4. The van der Waals surface area contributed by atoms with Gasteiger partial charge in [0.25, 0.3) is 0 Å². The normalized spacial score (nSPS) is 17.6. The van der Waals surface area contributed by atoms with Crippen molar-refractivity contribution in [3.63, 3.8) is 0 Å². The van der Waals surface area contributed by atoms with Gasteiger partial charge in [-0.25, -0.2) is 4.98 Å². The van der Waals surface area contributed by atoms with Crippen molar-refractivity contribution in [1.29, 1.82) is 0 Å². The third-order valence-corrected chi connectivity index (χ3v) is 2.56. The summed E-state index contributed by atoms with van der Waals surface area (Å²) in [5.41, 5.74) is -0.820. The summed E-state index contributed by atoms with van der Waals surface area (Å²) in [5, 5.41) is 2.14. The predicted octanol–water partition coefficient (Wildman–Crippen LogP) is 0.484. The Hall–Kier alpha value is -1.30. The van der Waals surface area contributed by atoms with Crippen molar-refractivity contribution >= 4 is 5.82 Å². The lowest BCUT2D eigenvalue weighted by atomic mass is 10.3. The molecule has 0 atom stereocenters. The van der Waals surface area contributed by atoms with Gasteiger partial charge in [-0.05, 0) is 12.1 Å². The van der Waals surface area contributed by atoms with Gasteiger partial charge in [0, 0.05) is 0 Å². The maximum absolute atomic E-state index is 12.4. The zero-order chi connectivity index (χ0) is 11.6. The number of hydrogen-bond acceptors (Lipinski definition) is 2. The van der Waals surface area contributed by atoms with E-state index < -0.39 is 11.9 Å². The standard InChI is InChI=1S/C10H12F3N3/c11-10(12,13)8-2-1-3-9(15-8)16-6-4-14-5-7-16/h1-3,14H,4-7H2/p+1. The van der Waals surface area contributed by atoms with Crippen molar-refractivity contribution in [3.05, 3.63) is 23.9 Å². The Balaban J connectivity index is 2.21. The van der Waals surface area contributed by atoms with Crippen LogP contribution in [0.3, 0.4) is 0 Å². The highest BCUT2D eigenvalue weighted by Gasteiger charge is 2.32. The van der Waals surface area contributed by atoms with Crippen LogP contribution in [0.5, 0.6) is 0 Å². The van der Waals surface area contributed by atoms with E-state index in [-0.39, 0.29) is 0 Å². The van der Waals surface area contributed by atoms with Crippen LogP contribution < -0.4 is 10.2 Å². The molecule has 3 nitrogen and oxygen atoms in total. The van der Waals surface area contributed by atoms with Crippen LogP contribution in [-0.4, -0.2) is 31.2 Å². The molecule has 1 aliphatic rings. The molecule has 1 aliphatic heterocycles. The number of pyridine rings is 1. The number of nitrogens with two attached hydrogens (primary N) is 1. The molecule has 2 heterocycles. The summed E-state index contributed by atoms with van der Waals surface area (Å²) in [6.07, 6.45) is -4.36. The predicted molar refractivity (Wildman–Crippen MR) is 53.1 cm³/mol. The van der Waals surface area contributed by atoms with Crippen LogP contribution in [0.15, 0.2) is 18.2 Å². The van der Waals surface area contributed by atoms with Crippen LogP contribution in [0.4, 0.5) is 19.0 Å². The van der Waals surface area contributed by atoms with Gasteiger partial charge < -0.3 is 10.2 Å². The first-order valence-electron chi connectivity index (χ1n) is 5.18. The van der Waals surface area contributed by atoms with Gasteiger partial charge in [-0.15, -0.1) is 0 Å². The van der Waals surface area contributed by atoms with Gasteiger partial charge in [-0.3, -0.25) is 0 Å². The van der Waals surface area contributed by atoms with Crippen molar-refractivity contribution in [2.75, 3.05) is 31.1 Å². The van der Waals surface area contributed by atoms with E-state index in [0.717, 1.165) is 32.2 Å². The van der Waals surface area contributed by atoms with Gasteiger partial charge in [0.2, 0.25) is 0 Å². The zero-order valence-corrected chi connectivity index (χ0v) is 8.67. The highest BCUT2D eigenvalue weighted by atomic mass is 19.4. The molecule has 0 radical (unpaired) electrons. The lowest BCUT2D eigenvalue weighted by molar-refractivity contribution is -0.655. The minimum absolute atomic E-state index is 0.419. The highest BCUT2D eigenvalue weighted by molar-refractivity contribution is 5.39. The monoisotopic (exact) mass is 232 g/mol. The average molecular weight is 232 g/mol. The van der Waals surface area contributed by atoms with Crippen LogP contribution in [0.25, 0.3) is 0 Å². The van der Waals surface area contributed by atoms with Crippen LogP contribution in [0.2, 0.25) is 0 Å². The Bertz CT molecular complexity index is 359. The van der Waals surface area contributed by atoms with Crippen LogP contribution >= 0.6 is 0 Å². The number of anilines is 1. The van der Waals surface area contributed by atoms with E-state index in [1.807, 2.05) is 4.90 Å². The number of halogens is 3. The lowest BCUT2D eigenvalue weighted by Crippen LogP contribution is -2.89. The molecule has 6 heteroatoms. The number of nitrogens with zero attached hydrogens (tertiary/aromatic N) is 2. The van der Waals surface area contributed by atoms with Gasteiger partial charge in [-0.2, -0.15) is 13.2 Å². The molecule has 0 aromatic carbocycles. The summed E-state index contributed by atoms with van der Waals surface area (Å²) < 4.78 is 37.3. The molecular formula is C10H13F3N3+. The minimum Gasteiger partial charge on any atom is -0.345 e. The number of alkyl halides is 3. The summed E-state index contributed by atoms with van der Waals surface area (Å²) >= 11 is 0. The van der Waals surface area contributed by atoms with Crippen molar-refractivity contribution < 1.29 is 18.5 Å².